The Labute approximate surface area is 122 Å². The predicted octanol–water partition coefficient (Wildman–Crippen LogP) is 5.54. The highest BCUT2D eigenvalue weighted by atomic mass is 15.3. The highest BCUT2D eigenvalue weighted by Crippen LogP contribution is 2.21. The maximum Gasteiger partial charge on any atom is 0.0786 e. The van der Waals surface area contributed by atoms with E-state index in [0.717, 1.165) is 0 Å². The van der Waals surface area contributed by atoms with Crippen molar-refractivity contribution in [2.45, 2.75) is 90.9 Å². The molecule has 0 unspecified atom stereocenters. The van der Waals surface area contributed by atoms with Crippen LogP contribution in [0, 0.1) is 0 Å². The van der Waals surface area contributed by atoms with Crippen LogP contribution in [-0.2, 0) is 0 Å². The van der Waals surface area contributed by atoms with Gasteiger partial charge < -0.3 is 4.48 Å². The minimum Gasteiger partial charge on any atom is -0.324 e. The van der Waals surface area contributed by atoms with Crippen LogP contribution in [0.15, 0.2) is 0 Å². The Morgan fingerprint density at radius 2 is 1.11 bits per heavy atom. The smallest absolute Gasteiger partial charge is 0.0786 e. The number of quaternary nitrogens is 1. The number of piperidine rings is 1. The Kier molecular flexibility index (Phi) is 9.59. The van der Waals surface area contributed by atoms with Crippen molar-refractivity contribution in [2.75, 3.05) is 26.2 Å². The molecule has 1 saturated heterocycles. The van der Waals surface area contributed by atoms with Crippen LogP contribution in [0.2, 0.25) is 0 Å². The number of unbranched alkanes of at least 4 members (excludes halogenated alkanes) is 7. The second-order valence-electron chi connectivity index (χ2n) is 6.77. The Balaban J connectivity index is 2.14. The zero-order valence-electron chi connectivity index (χ0n) is 13.8. The first-order valence-corrected chi connectivity index (χ1v) is 9.18. The van der Waals surface area contributed by atoms with Gasteiger partial charge in [0.15, 0.2) is 0 Å². The summed E-state index contributed by atoms with van der Waals surface area (Å²) in [6.07, 6.45) is 17.5. The van der Waals surface area contributed by atoms with Gasteiger partial charge in [-0.05, 0) is 38.5 Å². The van der Waals surface area contributed by atoms with Gasteiger partial charge in [-0.3, -0.25) is 0 Å². The molecule has 1 heteroatoms. The Morgan fingerprint density at radius 1 is 0.579 bits per heavy atom. The van der Waals surface area contributed by atoms with Crippen molar-refractivity contribution in [3.8, 4) is 0 Å². The minimum absolute atomic E-state index is 1.37. The van der Waals surface area contributed by atoms with E-state index in [4.69, 9.17) is 0 Å². The van der Waals surface area contributed by atoms with Gasteiger partial charge in [0.25, 0.3) is 0 Å². The van der Waals surface area contributed by atoms with Gasteiger partial charge >= 0.3 is 0 Å². The fourth-order valence-corrected chi connectivity index (χ4v) is 3.64. The number of likely N-dealkylation sites (tertiary alicyclic amines) is 1. The molecule has 1 fully saturated rings. The van der Waals surface area contributed by atoms with Crippen molar-refractivity contribution in [1.29, 1.82) is 0 Å². The zero-order valence-corrected chi connectivity index (χ0v) is 13.8. The summed E-state index contributed by atoms with van der Waals surface area (Å²) in [4.78, 5) is 0. The second kappa shape index (κ2) is 10.7. The third-order valence-electron chi connectivity index (χ3n) is 4.99. The molecular formula is C18H38N+. The van der Waals surface area contributed by atoms with Crippen LogP contribution in [0.3, 0.4) is 0 Å². The molecule has 1 heterocycles. The van der Waals surface area contributed by atoms with Crippen LogP contribution in [0.25, 0.3) is 0 Å². The van der Waals surface area contributed by atoms with Crippen molar-refractivity contribution in [2.24, 2.45) is 0 Å². The maximum absolute atomic E-state index is 2.34. The predicted molar refractivity (Wildman–Crippen MR) is 86.5 cm³/mol. The molecule has 0 aromatic rings. The monoisotopic (exact) mass is 268 g/mol. The van der Waals surface area contributed by atoms with Crippen LogP contribution in [-0.4, -0.2) is 30.7 Å². The van der Waals surface area contributed by atoms with Gasteiger partial charge in [-0.15, -0.1) is 0 Å². The summed E-state index contributed by atoms with van der Waals surface area (Å²) < 4.78 is 1.48. The Bertz CT molecular complexity index is 194. The quantitative estimate of drug-likeness (QED) is 0.341. The number of hydrogen-bond donors (Lipinski definition) is 0. The molecule has 0 radical (unpaired) electrons. The fourth-order valence-electron chi connectivity index (χ4n) is 3.64. The largest absolute Gasteiger partial charge is 0.324 e. The van der Waals surface area contributed by atoms with Gasteiger partial charge in [-0.2, -0.15) is 0 Å². The maximum atomic E-state index is 2.34. The summed E-state index contributed by atoms with van der Waals surface area (Å²) in [5, 5.41) is 0. The van der Waals surface area contributed by atoms with Gasteiger partial charge in [0.2, 0.25) is 0 Å². The zero-order chi connectivity index (χ0) is 13.8. The van der Waals surface area contributed by atoms with Crippen molar-refractivity contribution in [3.05, 3.63) is 0 Å². The molecule has 0 spiro atoms. The van der Waals surface area contributed by atoms with E-state index < -0.39 is 0 Å². The summed E-state index contributed by atoms with van der Waals surface area (Å²) in [5.74, 6) is 0. The number of hydrogen-bond acceptors (Lipinski definition) is 0. The SMILES string of the molecule is CCCCCCCCC[N+]1(CCCC)CCCCC1. The first-order valence-electron chi connectivity index (χ1n) is 9.18. The van der Waals surface area contributed by atoms with E-state index in [9.17, 15) is 0 Å². The van der Waals surface area contributed by atoms with Crippen molar-refractivity contribution in [1.82, 2.24) is 0 Å². The summed E-state index contributed by atoms with van der Waals surface area (Å²) in [7, 11) is 0. The lowest BCUT2D eigenvalue weighted by Crippen LogP contribution is -2.52. The average molecular weight is 269 g/mol. The molecule has 0 N–H and O–H groups in total. The van der Waals surface area contributed by atoms with E-state index >= 15 is 0 Å². The highest BCUT2D eigenvalue weighted by Gasteiger charge is 2.28. The highest BCUT2D eigenvalue weighted by molar-refractivity contribution is 4.56. The first-order chi connectivity index (χ1) is 9.33. The molecule has 0 aliphatic carbocycles. The lowest BCUT2D eigenvalue weighted by molar-refractivity contribution is -0.932. The topological polar surface area (TPSA) is 0 Å². The van der Waals surface area contributed by atoms with E-state index in [1.165, 1.54) is 108 Å². The van der Waals surface area contributed by atoms with Crippen LogP contribution >= 0.6 is 0 Å². The van der Waals surface area contributed by atoms with Gasteiger partial charge in [0, 0.05) is 0 Å². The molecule has 1 nitrogen and oxygen atoms in total. The van der Waals surface area contributed by atoms with Crippen LogP contribution in [0.1, 0.15) is 90.9 Å². The van der Waals surface area contributed by atoms with E-state index in [0.29, 0.717) is 0 Å². The normalized spacial score (nSPS) is 18.6. The summed E-state index contributed by atoms with van der Waals surface area (Å²) in [5.41, 5.74) is 0. The standard InChI is InChI=1S/C18H38N/c1-3-5-7-8-9-10-12-16-19(15-6-4-2)17-13-11-14-18-19/h3-18H2,1-2H3/q+1. The minimum atomic E-state index is 1.37. The van der Waals surface area contributed by atoms with Gasteiger partial charge in [-0.25, -0.2) is 0 Å². The average Bonchev–Trinajstić information content (AvgIpc) is 2.45. The van der Waals surface area contributed by atoms with E-state index in [1.54, 1.807) is 0 Å². The second-order valence-corrected chi connectivity index (χ2v) is 6.77. The van der Waals surface area contributed by atoms with Crippen molar-refractivity contribution < 1.29 is 4.48 Å². The molecular weight excluding hydrogens is 230 g/mol. The molecule has 1 aliphatic rings. The first kappa shape index (κ1) is 17.0. The van der Waals surface area contributed by atoms with E-state index in [2.05, 4.69) is 13.8 Å². The van der Waals surface area contributed by atoms with Crippen molar-refractivity contribution >= 4 is 0 Å². The van der Waals surface area contributed by atoms with Crippen LogP contribution in [0.4, 0.5) is 0 Å². The molecule has 0 saturated carbocycles. The molecule has 114 valence electrons. The Morgan fingerprint density at radius 3 is 1.74 bits per heavy atom. The molecule has 0 bridgehead atoms. The lowest BCUT2D eigenvalue weighted by Gasteiger charge is -2.42. The van der Waals surface area contributed by atoms with Crippen LogP contribution < -0.4 is 0 Å². The molecule has 0 atom stereocenters. The van der Waals surface area contributed by atoms with Crippen LogP contribution in [0.5, 0.6) is 0 Å². The molecule has 0 amide bonds. The number of rotatable bonds is 11. The summed E-state index contributed by atoms with van der Waals surface area (Å²) in [6, 6.07) is 0. The third kappa shape index (κ3) is 7.34. The third-order valence-corrected chi connectivity index (χ3v) is 4.99. The molecule has 0 aromatic carbocycles. The summed E-state index contributed by atoms with van der Waals surface area (Å²) in [6.45, 7) is 10.6. The lowest BCUT2D eigenvalue weighted by atomic mass is 10.0. The van der Waals surface area contributed by atoms with Crippen molar-refractivity contribution in [3.63, 3.8) is 0 Å². The van der Waals surface area contributed by atoms with Gasteiger partial charge in [0.1, 0.15) is 0 Å². The van der Waals surface area contributed by atoms with Gasteiger partial charge in [0.05, 0.1) is 26.2 Å². The molecule has 19 heavy (non-hydrogen) atoms. The fraction of sp³-hybridized carbons (Fsp3) is 1.00. The number of nitrogens with zero attached hydrogens (tertiary/aromatic N) is 1. The molecule has 1 rings (SSSR count). The Hall–Kier alpha value is -0.0400. The molecule has 1 aliphatic heterocycles. The summed E-state index contributed by atoms with van der Waals surface area (Å²) >= 11 is 0. The van der Waals surface area contributed by atoms with E-state index in [1.807, 2.05) is 0 Å². The van der Waals surface area contributed by atoms with Gasteiger partial charge in [-0.1, -0.05) is 52.4 Å². The van der Waals surface area contributed by atoms with E-state index in [-0.39, 0.29) is 0 Å². The molecule has 0 aromatic heterocycles.